The molecule has 4 aromatic rings. The number of ether oxygens (including phenoxy) is 3. The number of urea groups is 1. The molecule has 424 valence electrons. The first-order valence-electron chi connectivity index (χ1n) is 26.7. The fraction of sp³-hybridized carbons (Fsp3) is 0.448. The minimum Gasteiger partial charge on any atom is -0.492 e. The Bertz CT molecular complexity index is 2790. The second-order valence-electron chi connectivity index (χ2n) is 21.1. The topological polar surface area (TPSA) is 249 Å². The summed E-state index contributed by atoms with van der Waals surface area (Å²) in [5.74, 6) is -1.17. The third-order valence-corrected chi connectivity index (χ3v) is 13.4. The highest BCUT2D eigenvalue weighted by Gasteiger charge is 2.39. The minimum atomic E-state index is -0.964. The van der Waals surface area contributed by atoms with Crippen LogP contribution in [0.15, 0.2) is 97.1 Å². The quantitative estimate of drug-likeness (QED) is 0.0527. The summed E-state index contributed by atoms with van der Waals surface area (Å²) in [6.45, 7) is 20.5. The van der Waals surface area contributed by atoms with E-state index in [0.29, 0.717) is 78.8 Å². The lowest BCUT2D eigenvalue weighted by molar-refractivity contribution is -0.131. The highest BCUT2D eigenvalue weighted by Crippen LogP contribution is 2.43. The highest BCUT2D eigenvalue weighted by molar-refractivity contribution is 6.00. The molecule has 6 rings (SSSR count). The number of rotatable bonds is 19. The molecule has 4 aromatic carbocycles. The van der Waals surface area contributed by atoms with E-state index >= 15 is 0 Å². The maximum Gasteiger partial charge on any atom is 0.415 e. The molecule has 0 radical (unpaired) electrons. The Balaban J connectivity index is 1.04. The first-order chi connectivity index (χ1) is 37.5. The molecule has 0 unspecified atom stereocenters. The molecule has 21 heteroatoms. The Hall–Kier alpha value is -8.20. The van der Waals surface area contributed by atoms with Crippen LogP contribution in [0, 0.1) is 5.92 Å². The van der Waals surface area contributed by atoms with Crippen LogP contribution >= 0.6 is 0 Å². The van der Waals surface area contributed by atoms with Gasteiger partial charge in [-0.2, -0.15) is 0 Å². The smallest absolute Gasteiger partial charge is 0.415 e. The molecule has 2 heterocycles. The van der Waals surface area contributed by atoms with Crippen molar-refractivity contribution >= 4 is 76.2 Å². The maximum atomic E-state index is 14.4. The molecule has 0 aromatic heterocycles. The van der Waals surface area contributed by atoms with E-state index < -0.39 is 59.7 Å². The number of anilines is 5. The SMILES string of the molecule is CCC(=O)N1c2ccccc2[C@H](N(C(=O)OCc2ccc(NC(=O)[C@H](C)NC(=O)[C@@H](NC(=O)OC(C)(C)C)C(C)C)cc2)c2ccc(NC(=O)CNC(=O)Nc3ccc(OCCN4CCN(C(C)=O)C[C@@H]4C)cc3)cc2)C[C@@H]1C. The van der Waals surface area contributed by atoms with Crippen LogP contribution < -0.4 is 46.4 Å². The fourth-order valence-electron chi connectivity index (χ4n) is 9.25. The number of carbonyl (C=O) groups is 8. The normalized spacial score (nSPS) is 17.0. The number of benzene rings is 4. The molecule has 79 heavy (non-hydrogen) atoms. The Labute approximate surface area is 462 Å². The van der Waals surface area contributed by atoms with E-state index in [9.17, 15) is 38.4 Å². The van der Waals surface area contributed by atoms with E-state index in [4.69, 9.17) is 14.2 Å². The third-order valence-electron chi connectivity index (χ3n) is 13.4. The van der Waals surface area contributed by atoms with E-state index in [2.05, 4.69) is 43.7 Å². The van der Waals surface area contributed by atoms with Gasteiger partial charge in [0.1, 0.15) is 36.6 Å². The number of fused-ring (bicyclic) bond motifs is 1. The van der Waals surface area contributed by atoms with Crippen LogP contribution in [0.4, 0.5) is 42.8 Å². The number of nitrogens with zero attached hydrogens (tertiary/aromatic N) is 4. The van der Waals surface area contributed by atoms with Gasteiger partial charge in [0.15, 0.2) is 0 Å². The van der Waals surface area contributed by atoms with E-state index in [1.54, 1.807) is 126 Å². The average molecular weight is 1090 g/mol. The van der Waals surface area contributed by atoms with Crippen LogP contribution in [0.25, 0.3) is 0 Å². The van der Waals surface area contributed by atoms with Gasteiger partial charge in [-0.15, -0.1) is 0 Å². The van der Waals surface area contributed by atoms with Crippen molar-refractivity contribution in [3.05, 3.63) is 108 Å². The predicted molar refractivity (Wildman–Crippen MR) is 302 cm³/mol. The lowest BCUT2D eigenvalue weighted by Crippen LogP contribution is -2.54. The molecule has 5 atom stereocenters. The van der Waals surface area contributed by atoms with Crippen LogP contribution in [0.5, 0.6) is 5.75 Å². The van der Waals surface area contributed by atoms with Crippen molar-refractivity contribution in [2.45, 2.75) is 124 Å². The number of piperazine rings is 1. The second kappa shape index (κ2) is 27.4. The summed E-state index contributed by atoms with van der Waals surface area (Å²) in [7, 11) is 0. The molecule has 0 spiro atoms. The molecule has 21 nitrogen and oxygen atoms in total. The summed E-state index contributed by atoms with van der Waals surface area (Å²) < 4.78 is 17.2. The van der Waals surface area contributed by atoms with Gasteiger partial charge in [0.05, 0.1) is 12.6 Å². The van der Waals surface area contributed by atoms with E-state index in [1.807, 2.05) is 36.1 Å². The van der Waals surface area contributed by atoms with Crippen LogP contribution in [-0.2, 0) is 40.1 Å². The van der Waals surface area contributed by atoms with Crippen molar-refractivity contribution in [1.29, 1.82) is 0 Å². The van der Waals surface area contributed by atoms with Gasteiger partial charge in [-0.05, 0) is 132 Å². The van der Waals surface area contributed by atoms with E-state index in [0.717, 1.165) is 12.1 Å². The summed E-state index contributed by atoms with van der Waals surface area (Å²) in [4.78, 5) is 111. The Morgan fingerprint density at radius 1 is 0.747 bits per heavy atom. The van der Waals surface area contributed by atoms with E-state index in [-0.39, 0.29) is 43.0 Å². The Morgan fingerprint density at radius 3 is 2.01 bits per heavy atom. The van der Waals surface area contributed by atoms with Gasteiger partial charge in [0.2, 0.25) is 29.5 Å². The summed E-state index contributed by atoms with van der Waals surface area (Å²) in [6, 6.07) is 24.5. The predicted octanol–water partition coefficient (Wildman–Crippen LogP) is 7.79. The van der Waals surface area contributed by atoms with E-state index in [1.165, 1.54) is 11.8 Å². The highest BCUT2D eigenvalue weighted by atomic mass is 16.6. The van der Waals surface area contributed by atoms with Crippen molar-refractivity contribution < 1.29 is 52.6 Å². The van der Waals surface area contributed by atoms with Crippen LogP contribution in [-0.4, -0.2) is 127 Å². The van der Waals surface area contributed by atoms with Gasteiger partial charge in [-0.3, -0.25) is 33.8 Å². The zero-order chi connectivity index (χ0) is 57.6. The van der Waals surface area contributed by atoms with Gasteiger partial charge in [0, 0.05) is 80.0 Å². The third kappa shape index (κ3) is 17.1. The summed E-state index contributed by atoms with van der Waals surface area (Å²) in [6.07, 6.45) is -0.744. The first kappa shape index (κ1) is 60.0. The Morgan fingerprint density at radius 2 is 1.38 bits per heavy atom. The molecule has 6 N–H and O–H groups in total. The van der Waals surface area contributed by atoms with Gasteiger partial charge in [-0.25, -0.2) is 14.4 Å². The first-order valence-corrected chi connectivity index (χ1v) is 26.7. The van der Waals surface area contributed by atoms with Crippen molar-refractivity contribution in [2.75, 3.05) is 65.1 Å². The zero-order valence-electron chi connectivity index (χ0n) is 46.8. The molecule has 0 bridgehead atoms. The van der Waals surface area contributed by atoms with Crippen molar-refractivity contribution in [3.8, 4) is 5.75 Å². The van der Waals surface area contributed by atoms with Crippen LogP contribution in [0.1, 0.15) is 99.2 Å². The van der Waals surface area contributed by atoms with Crippen molar-refractivity contribution in [1.82, 2.24) is 25.8 Å². The number of hydrogen-bond donors (Lipinski definition) is 6. The Kier molecular flexibility index (Phi) is 20.8. The van der Waals surface area contributed by atoms with Crippen LogP contribution in [0.2, 0.25) is 0 Å². The maximum absolute atomic E-state index is 14.4. The van der Waals surface area contributed by atoms with Gasteiger partial charge in [-0.1, -0.05) is 51.1 Å². The molecule has 2 aliphatic rings. The second-order valence-corrected chi connectivity index (χ2v) is 21.1. The molecule has 0 saturated carbocycles. The van der Waals surface area contributed by atoms with Gasteiger partial charge in [0.25, 0.3) is 0 Å². The summed E-state index contributed by atoms with van der Waals surface area (Å²) >= 11 is 0. The summed E-state index contributed by atoms with van der Waals surface area (Å²) in [5, 5.41) is 16.1. The number of alkyl carbamates (subject to hydrolysis) is 1. The number of nitrogens with one attached hydrogen (secondary N) is 6. The van der Waals surface area contributed by atoms with Crippen molar-refractivity contribution in [2.24, 2.45) is 5.92 Å². The number of carbonyl (C=O) groups excluding carboxylic acids is 8. The zero-order valence-corrected chi connectivity index (χ0v) is 46.8. The molecular formula is C58H76N10O11. The van der Waals surface area contributed by atoms with Gasteiger partial charge >= 0.3 is 18.2 Å². The lowest BCUT2D eigenvalue weighted by Gasteiger charge is -2.43. The van der Waals surface area contributed by atoms with Crippen molar-refractivity contribution in [3.63, 3.8) is 0 Å². The fourth-order valence-corrected chi connectivity index (χ4v) is 9.25. The molecular weight excluding hydrogens is 1010 g/mol. The number of para-hydroxylation sites is 1. The molecule has 2 aliphatic heterocycles. The van der Waals surface area contributed by atoms with Gasteiger partial charge < -0.3 is 55.9 Å². The lowest BCUT2D eigenvalue weighted by atomic mass is 9.90. The molecule has 1 fully saturated rings. The average Bonchev–Trinajstić information content (AvgIpc) is 3.42. The number of hydrogen-bond acceptors (Lipinski definition) is 12. The largest absolute Gasteiger partial charge is 0.492 e. The van der Waals surface area contributed by atoms with Crippen LogP contribution in [0.3, 0.4) is 0 Å². The summed E-state index contributed by atoms with van der Waals surface area (Å²) in [5.41, 5.74) is 3.07. The molecule has 0 aliphatic carbocycles. The minimum absolute atomic E-state index is 0.0505. The molecule has 1 saturated heterocycles. The number of amides is 9. The monoisotopic (exact) mass is 1090 g/mol. The standard InChI is InChI=1S/C58H76N10O11/c1-11-51(71)67-37(4)32-49(47-14-12-13-15-48(47)67)68(57(76)78-35-41-16-18-43(19-17-41)62-53(72)39(6)60-54(73)52(36(2)3)64-56(75)79-58(8,9)10)45-24-20-42(21-25-45)61-50(70)33-59-55(74)63-44-22-26-46(27-23-44)77-31-30-65-28-29-66(40(7)69)34-38(65)5/h12-27,36-39,49,52H,11,28-35H2,1-10H3,(H,60,73)(H,61,70)(H,62,72)(H,64,75)(H2,59,63,74)/t37-,38-,39-,49+,52-/m0/s1. The molecule has 9 amide bonds.